The SMILES string of the molecule is CNC1CN(c2ccc(NC(=O)N3CCC(c4ccc(Cl)cc4)CC3)cc2)C1. The van der Waals surface area contributed by atoms with E-state index in [0.717, 1.165) is 49.7 Å². The zero-order chi connectivity index (χ0) is 19.5. The number of carbonyl (C=O) groups excluding carboxylic acids is 1. The quantitative estimate of drug-likeness (QED) is 0.812. The number of hydrogen-bond donors (Lipinski definition) is 2. The van der Waals surface area contributed by atoms with Crippen molar-refractivity contribution in [1.29, 1.82) is 0 Å². The van der Waals surface area contributed by atoms with E-state index in [1.165, 1.54) is 11.3 Å². The Morgan fingerprint density at radius 2 is 1.64 bits per heavy atom. The summed E-state index contributed by atoms with van der Waals surface area (Å²) in [4.78, 5) is 16.8. The number of anilines is 2. The molecule has 2 fully saturated rings. The fourth-order valence-electron chi connectivity index (χ4n) is 3.98. The van der Waals surface area contributed by atoms with E-state index in [1.807, 2.05) is 36.2 Å². The van der Waals surface area contributed by atoms with Crippen LogP contribution in [0.15, 0.2) is 48.5 Å². The lowest BCUT2D eigenvalue weighted by molar-refractivity contribution is 0.194. The molecule has 2 aromatic carbocycles. The van der Waals surface area contributed by atoms with Crippen LogP contribution in [0.1, 0.15) is 24.3 Å². The summed E-state index contributed by atoms with van der Waals surface area (Å²) in [5.74, 6) is 0.499. The summed E-state index contributed by atoms with van der Waals surface area (Å²) in [6.07, 6.45) is 1.96. The molecular weight excluding hydrogens is 372 g/mol. The van der Waals surface area contributed by atoms with Crippen LogP contribution in [0.2, 0.25) is 5.02 Å². The lowest BCUT2D eigenvalue weighted by Gasteiger charge is -2.41. The predicted molar refractivity (Wildman–Crippen MR) is 116 cm³/mol. The number of benzene rings is 2. The molecule has 2 heterocycles. The zero-order valence-corrected chi connectivity index (χ0v) is 17.0. The number of piperidine rings is 1. The van der Waals surface area contributed by atoms with Crippen LogP contribution in [0.25, 0.3) is 0 Å². The molecule has 0 unspecified atom stereocenters. The first-order valence-corrected chi connectivity index (χ1v) is 10.3. The second-order valence-electron chi connectivity index (χ2n) is 7.68. The van der Waals surface area contributed by atoms with Gasteiger partial charge in [-0.15, -0.1) is 0 Å². The number of carbonyl (C=O) groups is 1. The van der Waals surface area contributed by atoms with Gasteiger partial charge in [0, 0.05) is 48.6 Å². The molecule has 0 spiro atoms. The summed E-state index contributed by atoms with van der Waals surface area (Å²) in [7, 11) is 2.00. The highest BCUT2D eigenvalue weighted by Gasteiger charge is 2.26. The number of nitrogens with one attached hydrogen (secondary N) is 2. The molecule has 2 amide bonds. The van der Waals surface area contributed by atoms with Crippen LogP contribution < -0.4 is 15.5 Å². The van der Waals surface area contributed by atoms with Gasteiger partial charge in [-0.2, -0.15) is 0 Å². The zero-order valence-electron chi connectivity index (χ0n) is 16.2. The number of nitrogens with zero attached hydrogens (tertiary/aromatic N) is 2. The fraction of sp³-hybridized carbons (Fsp3) is 0.409. The number of urea groups is 1. The molecule has 2 N–H and O–H groups in total. The van der Waals surface area contributed by atoms with Crippen molar-refractivity contribution in [2.45, 2.75) is 24.8 Å². The van der Waals surface area contributed by atoms with Crippen molar-refractivity contribution in [3.05, 3.63) is 59.1 Å². The van der Waals surface area contributed by atoms with E-state index in [-0.39, 0.29) is 6.03 Å². The molecule has 0 bridgehead atoms. The highest BCUT2D eigenvalue weighted by atomic mass is 35.5. The van der Waals surface area contributed by atoms with Gasteiger partial charge in [0.05, 0.1) is 0 Å². The van der Waals surface area contributed by atoms with Crippen LogP contribution in [-0.4, -0.2) is 50.2 Å². The summed E-state index contributed by atoms with van der Waals surface area (Å²) in [5.41, 5.74) is 3.36. The van der Waals surface area contributed by atoms with Gasteiger partial charge in [-0.25, -0.2) is 4.79 Å². The van der Waals surface area contributed by atoms with Crippen molar-refractivity contribution in [1.82, 2.24) is 10.2 Å². The smallest absolute Gasteiger partial charge is 0.321 e. The van der Waals surface area contributed by atoms with E-state index in [4.69, 9.17) is 11.6 Å². The van der Waals surface area contributed by atoms with Crippen molar-refractivity contribution in [2.24, 2.45) is 0 Å². The molecule has 2 aliphatic heterocycles. The number of halogens is 1. The van der Waals surface area contributed by atoms with Gasteiger partial charge in [-0.3, -0.25) is 0 Å². The van der Waals surface area contributed by atoms with Crippen molar-refractivity contribution in [3.63, 3.8) is 0 Å². The maximum Gasteiger partial charge on any atom is 0.321 e. The molecule has 0 saturated carbocycles. The normalized spacial score (nSPS) is 18.1. The molecular formula is C22H27ClN4O. The Morgan fingerprint density at radius 1 is 1.00 bits per heavy atom. The van der Waals surface area contributed by atoms with E-state index in [0.29, 0.717) is 12.0 Å². The minimum absolute atomic E-state index is 0.0125. The first kappa shape index (κ1) is 19.1. The third kappa shape index (κ3) is 4.26. The van der Waals surface area contributed by atoms with Gasteiger partial charge in [0.2, 0.25) is 0 Å². The average molecular weight is 399 g/mol. The van der Waals surface area contributed by atoms with E-state index < -0.39 is 0 Å². The maximum atomic E-state index is 12.6. The third-order valence-corrected chi connectivity index (χ3v) is 6.15. The number of likely N-dealkylation sites (N-methyl/N-ethyl adjacent to an activating group) is 1. The van der Waals surface area contributed by atoms with Crippen LogP contribution in [-0.2, 0) is 0 Å². The van der Waals surface area contributed by atoms with Crippen molar-refractivity contribution < 1.29 is 4.79 Å². The lowest BCUT2D eigenvalue weighted by Crippen LogP contribution is -2.57. The molecule has 28 heavy (non-hydrogen) atoms. The fourth-order valence-corrected chi connectivity index (χ4v) is 4.11. The van der Waals surface area contributed by atoms with Gasteiger partial charge in [-0.05, 0) is 67.8 Å². The predicted octanol–water partition coefficient (Wildman–Crippen LogP) is 4.16. The van der Waals surface area contributed by atoms with Gasteiger partial charge in [0.1, 0.15) is 0 Å². The van der Waals surface area contributed by atoms with Crippen LogP contribution in [0.5, 0.6) is 0 Å². The van der Waals surface area contributed by atoms with Crippen molar-refractivity contribution in [2.75, 3.05) is 43.4 Å². The lowest BCUT2D eigenvalue weighted by atomic mass is 9.89. The monoisotopic (exact) mass is 398 g/mol. The molecule has 2 aromatic rings. The molecule has 2 aliphatic rings. The molecule has 6 heteroatoms. The van der Waals surface area contributed by atoms with Crippen LogP contribution in [0.3, 0.4) is 0 Å². The highest BCUT2D eigenvalue weighted by molar-refractivity contribution is 6.30. The van der Waals surface area contributed by atoms with Crippen LogP contribution >= 0.6 is 11.6 Å². The number of amides is 2. The number of hydrogen-bond acceptors (Lipinski definition) is 3. The van der Waals surface area contributed by atoms with E-state index in [9.17, 15) is 4.79 Å². The third-order valence-electron chi connectivity index (χ3n) is 5.90. The second kappa shape index (κ2) is 8.41. The minimum atomic E-state index is -0.0125. The minimum Gasteiger partial charge on any atom is -0.368 e. The standard InChI is InChI=1S/C22H27ClN4O/c1-24-20-14-27(15-20)21-8-6-19(7-9-21)25-22(28)26-12-10-17(11-13-26)16-2-4-18(23)5-3-16/h2-9,17,20,24H,10-15H2,1H3,(H,25,28). The molecule has 0 aliphatic carbocycles. The summed E-state index contributed by atoms with van der Waals surface area (Å²) in [5, 5.41) is 7.08. The molecule has 148 valence electrons. The van der Waals surface area contributed by atoms with Crippen molar-refractivity contribution >= 4 is 29.0 Å². The molecule has 0 radical (unpaired) electrons. The van der Waals surface area contributed by atoms with Crippen LogP contribution in [0, 0.1) is 0 Å². The summed E-state index contributed by atoms with van der Waals surface area (Å²) >= 11 is 5.98. The Labute approximate surface area is 171 Å². The van der Waals surface area contributed by atoms with Gasteiger partial charge >= 0.3 is 6.03 Å². The Balaban J connectivity index is 1.27. The molecule has 4 rings (SSSR count). The maximum absolute atomic E-state index is 12.6. The molecule has 0 atom stereocenters. The Morgan fingerprint density at radius 3 is 2.25 bits per heavy atom. The Hall–Kier alpha value is -2.24. The molecule has 5 nitrogen and oxygen atoms in total. The summed E-state index contributed by atoms with van der Waals surface area (Å²) in [6, 6.07) is 16.8. The highest BCUT2D eigenvalue weighted by Crippen LogP contribution is 2.29. The van der Waals surface area contributed by atoms with Gasteiger partial charge in [0.15, 0.2) is 0 Å². The van der Waals surface area contributed by atoms with Gasteiger partial charge < -0.3 is 20.4 Å². The first-order chi connectivity index (χ1) is 13.6. The van der Waals surface area contributed by atoms with Gasteiger partial charge in [-0.1, -0.05) is 23.7 Å². The van der Waals surface area contributed by atoms with E-state index in [1.54, 1.807) is 0 Å². The number of rotatable bonds is 4. The first-order valence-electron chi connectivity index (χ1n) is 9.96. The van der Waals surface area contributed by atoms with E-state index >= 15 is 0 Å². The van der Waals surface area contributed by atoms with Gasteiger partial charge in [0.25, 0.3) is 0 Å². The molecule has 2 saturated heterocycles. The van der Waals surface area contributed by atoms with Crippen LogP contribution in [0.4, 0.5) is 16.2 Å². The molecule has 0 aromatic heterocycles. The van der Waals surface area contributed by atoms with E-state index in [2.05, 4.69) is 39.8 Å². The topological polar surface area (TPSA) is 47.6 Å². The summed E-state index contributed by atoms with van der Waals surface area (Å²) in [6.45, 7) is 3.61. The average Bonchev–Trinajstić information content (AvgIpc) is 2.69. The Bertz CT molecular complexity index is 794. The number of likely N-dealkylation sites (tertiary alicyclic amines) is 1. The largest absolute Gasteiger partial charge is 0.368 e. The van der Waals surface area contributed by atoms with Crippen molar-refractivity contribution in [3.8, 4) is 0 Å². The summed E-state index contributed by atoms with van der Waals surface area (Å²) < 4.78 is 0. The second-order valence-corrected chi connectivity index (χ2v) is 8.12. The Kier molecular flexibility index (Phi) is 5.74.